The number of para-hydroxylation sites is 1. The third kappa shape index (κ3) is 4.69. The molecule has 0 aromatic heterocycles. The summed E-state index contributed by atoms with van der Waals surface area (Å²) in [5, 5.41) is 0. The molecular formula is C21H26N2O3S. The molecule has 6 heteroatoms. The van der Waals surface area contributed by atoms with Crippen LogP contribution in [0.5, 0.6) is 0 Å². The highest BCUT2D eigenvalue weighted by molar-refractivity contribution is 7.92. The molecular weight excluding hydrogens is 360 g/mol. The van der Waals surface area contributed by atoms with Gasteiger partial charge in [-0.05, 0) is 37.0 Å². The first-order valence-corrected chi connectivity index (χ1v) is 11.0. The molecule has 0 saturated heterocycles. The molecule has 0 fully saturated rings. The molecule has 0 radical (unpaired) electrons. The summed E-state index contributed by atoms with van der Waals surface area (Å²) < 4.78 is 27.2. The number of carbonyl (C=O) groups is 1. The first kappa shape index (κ1) is 19.4. The van der Waals surface area contributed by atoms with Gasteiger partial charge in [-0.1, -0.05) is 48.5 Å². The Hall–Kier alpha value is -2.34. The quantitative estimate of drug-likeness (QED) is 0.734. The van der Waals surface area contributed by atoms with Crippen LogP contribution in [0.4, 0.5) is 5.69 Å². The van der Waals surface area contributed by atoms with Crippen LogP contribution in [0.3, 0.4) is 0 Å². The Morgan fingerprint density at radius 3 is 2.52 bits per heavy atom. The number of hydrogen-bond acceptors (Lipinski definition) is 3. The zero-order valence-corrected chi connectivity index (χ0v) is 16.5. The lowest BCUT2D eigenvalue weighted by atomic mass is 10.0. The van der Waals surface area contributed by atoms with Gasteiger partial charge in [0.15, 0.2) is 0 Å². The summed E-state index contributed by atoms with van der Waals surface area (Å²) in [7, 11) is -3.52. The number of nitrogens with zero attached hydrogens (tertiary/aromatic N) is 2. The summed E-state index contributed by atoms with van der Waals surface area (Å²) in [5.41, 5.74) is 2.85. The Morgan fingerprint density at radius 2 is 1.78 bits per heavy atom. The van der Waals surface area contributed by atoms with E-state index in [-0.39, 0.29) is 18.1 Å². The molecule has 1 aliphatic rings. The van der Waals surface area contributed by atoms with E-state index in [9.17, 15) is 13.2 Å². The largest absolute Gasteiger partial charge is 0.339 e. The molecule has 0 N–H and O–H groups in total. The van der Waals surface area contributed by atoms with Gasteiger partial charge in [-0.2, -0.15) is 0 Å². The number of hydrogen-bond donors (Lipinski definition) is 0. The zero-order chi connectivity index (χ0) is 19.3. The van der Waals surface area contributed by atoms with E-state index >= 15 is 0 Å². The lowest BCUT2D eigenvalue weighted by Crippen LogP contribution is -2.39. The normalized spacial score (nSPS) is 13.9. The van der Waals surface area contributed by atoms with E-state index in [4.69, 9.17) is 0 Å². The fourth-order valence-corrected chi connectivity index (χ4v) is 4.99. The lowest BCUT2D eigenvalue weighted by Gasteiger charge is -2.30. The fourth-order valence-electron chi connectivity index (χ4n) is 3.45. The van der Waals surface area contributed by atoms with Crippen molar-refractivity contribution in [3.8, 4) is 0 Å². The number of fused-ring (bicyclic) bond motifs is 1. The van der Waals surface area contributed by atoms with Crippen molar-refractivity contribution in [3.05, 3.63) is 65.7 Å². The van der Waals surface area contributed by atoms with Crippen LogP contribution in [-0.2, 0) is 27.8 Å². The molecule has 3 rings (SSSR count). The van der Waals surface area contributed by atoms with Crippen molar-refractivity contribution in [3.63, 3.8) is 0 Å². The van der Waals surface area contributed by atoms with Gasteiger partial charge in [0.2, 0.25) is 15.9 Å². The molecule has 144 valence electrons. The van der Waals surface area contributed by atoms with Crippen molar-refractivity contribution in [2.24, 2.45) is 0 Å². The third-order valence-electron chi connectivity index (χ3n) is 4.93. The van der Waals surface area contributed by atoms with E-state index in [2.05, 4.69) is 0 Å². The van der Waals surface area contributed by atoms with Crippen molar-refractivity contribution in [1.82, 2.24) is 4.90 Å². The first-order chi connectivity index (χ1) is 13.0. The predicted molar refractivity (Wildman–Crippen MR) is 108 cm³/mol. The smallest absolute Gasteiger partial charge is 0.235 e. The average molecular weight is 387 g/mol. The molecule has 2 aromatic rings. The molecule has 0 saturated carbocycles. The van der Waals surface area contributed by atoms with Crippen molar-refractivity contribution < 1.29 is 13.2 Å². The van der Waals surface area contributed by atoms with Crippen LogP contribution in [0.15, 0.2) is 54.6 Å². The minimum atomic E-state index is -3.52. The number of benzene rings is 2. The number of aryl methyl sites for hydroxylation is 1. The molecule has 1 amide bonds. The van der Waals surface area contributed by atoms with Crippen LogP contribution < -0.4 is 4.31 Å². The van der Waals surface area contributed by atoms with E-state index in [0.29, 0.717) is 19.6 Å². The Kier molecular flexibility index (Phi) is 6.16. The maximum Gasteiger partial charge on any atom is 0.235 e. The molecule has 0 unspecified atom stereocenters. The van der Waals surface area contributed by atoms with Gasteiger partial charge in [0, 0.05) is 26.1 Å². The molecule has 0 bridgehead atoms. The molecule has 1 heterocycles. The summed E-state index contributed by atoms with van der Waals surface area (Å²) in [6, 6.07) is 17.4. The average Bonchev–Trinajstić information content (AvgIpc) is 2.70. The zero-order valence-electron chi connectivity index (χ0n) is 15.7. The number of rotatable bonds is 7. The SMILES string of the molecule is CCN(Cc1ccccc1)C(=O)CCS(=O)(=O)N1CCCc2ccccc21. The molecule has 2 aromatic carbocycles. The van der Waals surface area contributed by atoms with E-state index in [1.807, 2.05) is 61.5 Å². The fraction of sp³-hybridized carbons (Fsp3) is 0.381. The summed E-state index contributed by atoms with van der Waals surface area (Å²) in [6.07, 6.45) is 1.70. The van der Waals surface area contributed by atoms with Gasteiger partial charge in [0.25, 0.3) is 0 Å². The second-order valence-electron chi connectivity index (χ2n) is 6.76. The van der Waals surface area contributed by atoms with Gasteiger partial charge in [-0.25, -0.2) is 8.42 Å². The predicted octanol–water partition coefficient (Wildman–Crippen LogP) is 3.21. The van der Waals surface area contributed by atoms with Crippen molar-refractivity contribution in [1.29, 1.82) is 0 Å². The summed E-state index contributed by atoms with van der Waals surface area (Å²) in [6.45, 7) is 3.45. The molecule has 5 nitrogen and oxygen atoms in total. The molecule has 27 heavy (non-hydrogen) atoms. The standard InChI is InChI=1S/C21H26N2O3S/c1-2-22(17-18-9-4-3-5-10-18)21(24)14-16-27(25,26)23-15-8-12-19-11-6-7-13-20(19)23/h3-7,9-11,13H,2,8,12,14-17H2,1H3. The van der Waals surface area contributed by atoms with Gasteiger partial charge >= 0.3 is 0 Å². The molecule has 0 atom stereocenters. The Labute approximate surface area is 161 Å². The summed E-state index contributed by atoms with van der Waals surface area (Å²) in [5.74, 6) is -0.291. The van der Waals surface area contributed by atoms with Crippen molar-refractivity contribution >= 4 is 21.6 Å². The van der Waals surface area contributed by atoms with Crippen LogP contribution in [-0.4, -0.2) is 38.1 Å². The summed E-state index contributed by atoms with van der Waals surface area (Å²) >= 11 is 0. The number of carbonyl (C=O) groups excluding carboxylic acids is 1. The number of amides is 1. The highest BCUT2D eigenvalue weighted by Crippen LogP contribution is 2.29. The Bertz CT molecular complexity index is 881. The molecule has 0 aliphatic carbocycles. The maximum absolute atomic E-state index is 12.9. The lowest BCUT2D eigenvalue weighted by molar-refractivity contribution is -0.131. The molecule has 0 spiro atoms. The van der Waals surface area contributed by atoms with Crippen molar-refractivity contribution in [2.45, 2.75) is 32.7 Å². The summed E-state index contributed by atoms with van der Waals surface area (Å²) in [4.78, 5) is 14.3. The van der Waals surface area contributed by atoms with E-state index in [1.54, 1.807) is 4.90 Å². The van der Waals surface area contributed by atoms with Gasteiger partial charge in [-0.15, -0.1) is 0 Å². The van der Waals surface area contributed by atoms with Crippen LogP contribution in [0.2, 0.25) is 0 Å². The van der Waals surface area contributed by atoms with E-state index in [1.165, 1.54) is 4.31 Å². The highest BCUT2D eigenvalue weighted by atomic mass is 32.2. The van der Waals surface area contributed by atoms with Gasteiger partial charge in [-0.3, -0.25) is 9.10 Å². The minimum absolute atomic E-state index is 0.00166. The van der Waals surface area contributed by atoms with E-state index in [0.717, 1.165) is 29.7 Å². The van der Waals surface area contributed by atoms with Gasteiger partial charge < -0.3 is 4.90 Å². The monoisotopic (exact) mass is 386 g/mol. The Balaban J connectivity index is 1.65. The topological polar surface area (TPSA) is 57.7 Å². The molecule has 1 aliphatic heterocycles. The van der Waals surface area contributed by atoms with Crippen LogP contribution >= 0.6 is 0 Å². The number of sulfonamides is 1. The van der Waals surface area contributed by atoms with Crippen LogP contribution in [0.25, 0.3) is 0 Å². The second-order valence-corrected chi connectivity index (χ2v) is 8.78. The second kappa shape index (κ2) is 8.57. The van der Waals surface area contributed by atoms with Gasteiger partial charge in [0.05, 0.1) is 11.4 Å². The minimum Gasteiger partial charge on any atom is -0.339 e. The first-order valence-electron chi connectivity index (χ1n) is 9.41. The van der Waals surface area contributed by atoms with Crippen LogP contribution in [0, 0.1) is 0 Å². The van der Waals surface area contributed by atoms with Crippen LogP contribution in [0.1, 0.15) is 30.9 Å². The maximum atomic E-state index is 12.9. The third-order valence-corrected chi connectivity index (χ3v) is 6.70. The number of anilines is 1. The van der Waals surface area contributed by atoms with Crippen molar-refractivity contribution in [2.75, 3.05) is 23.1 Å². The van der Waals surface area contributed by atoms with E-state index < -0.39 is 10.0 Å². The Morgan fingerprint density at radius 1 is 1.07 bits per heavy atom. The highest BCUT2D eigenvalue weighted by Gasteiger charge is 2.28. The van der Waals surface area contributed by atoms with Gasteiger partial charge in [0.1, 0.15) is 0 Å².